The number of carbonyl (C=O) groups is 4. The summed E-state index contributed by atoms with van der Waals surface area (Å²) >= 11 is 0. The molecule has 6 aromatic heterocycles. The van der Waals surface area contributed by atoms with Crippen LogP contribution in [0.1, 0.15) is 82.1 Å². The second-order valence-corrected chi connectivity index (χ2v) is 15.9. The average molecular weight is 871 g/mol. The number of benzene rings is 1. The Morgan fingerprint density at radius 3 is 2.23 bits per heavy atom. The number of imidazole rings is 1. The molecule has 1 saturated heterocycles. The molecule has 0 aliphatic carbocycles. The highest BCUT2D eigenvalue weighted by Crippen LogP contribution is 2.37. The number of aryl methyl sites for hydroxylation is 4. The second-order valence-electron chi connectivity index (χ2n) is 15.9. The van der Waals surface area contributed by atoms with E-state index < -0.39 is 23.8 Å². The Morgan fingerprint density at radius 2 is 1.53 bits per heavy atom. The standard InChI is InChI=1S/C44H50N14O6/c1-5-57-33(18-25(3)52-57)39-47-24-31-30-20-28(37(45)59)22-35(64-17-9-10-27-11-15-54(16-12-27)44(62)63)36(30)55(40(31)50-39)13-7-8-14-56-41-32(21-29(23-48-41)38(46)60)49-43(56)51-42(61)34-19-26(4)53-58(34)6-2/h7-8,18-24,27H,5-6,9-17H2,1-4H3,(H2,45,59)(H2,46,60)(H,62,63)(H,49,51,61)/b8-7+. The Morgan fingerprint density at radius 1 is 0.828 bits per heavy atom. The van der Waals surface area contributed by atoms with Crippen molar-refractivity contribution in [3.05, 3.63) is 83.1 Å². The number of amides is 4. The molecule has 0 unspecified atom stereocenters. The number of aromatic nitrogens is 10. The van der Waals surface area contributed by atoms with E-state index in [-0.39, 0.29) is 23.6 Å². The fourth-order valence-corrected chi connectivity index (χ4v) is 8.36. The molecule has 0 bridgehead atoms. The van der Waals surface area contributed by atoms with E-state index in [4.69, 9.17) is 26.2 Å². The number of anilines is 1. The molecule has 4 amide bonds. The van der Waals surface area contributed by atoms with Crippen molar-refractivity contribution in [1.82, 2.24) is 53.5 Å². The fraction of sp³-hybridized carbons (Fsp3) is 0.364. The minimum absolute atomic E-state index is 0.175. The Hall–Kier alpha value is -7.64. The third-order valence-corrected chi connectivity index (χ3v) is 11.5. The van der Waals surface area contributed by atoms with E-state index in [1.165, 1.54) is 17.2 Å². The number of rotatable bonds is 16. The van der Waals surface area contributed by atoms with Gasteiger partial charge in [0.25, 0.3) is 5.91 Å². The molecule has 20 heteroatoms. The number of nitrogens with zero attached hydrogens (tertiary/aromatic N) is 11. The van der Waals surface area contributed by atoms with Crippen LogP contribution in [0.15, 0.2) is 54.9 Å². The maximum Gasteiger partial charge on any atom is 0.407 e. The molecule has 20 nitrogen and oxygen atoms in total. The maximum absolute atomic E-state index is 13.6. The van der Waals surface area contributed by atoms with E-state index in [0.29, 0.717) is 101 Å². The monoisotopic (exact) mass is 870 g/mol. The number of nitrogens with one attached hydrogen (secondary N) is 1. The topological polar surface area (TPSA) is 262 Å². The van der Waals surface area contributed by atoms with Gasteiger partial charge < -0.3 is 30.8 Å². The molecular formula is C44H50N14O6. The predicted molar refractivity (Wildman–Crippen MR) is 238 cm³/mol. The summed E-state index contributed by atoms with van der Waals surface area (Å²) < 4.78 is 13.7. The second kappa shape index (κ2) is 18.0. The first kappa shape index (κ1) is 43.0. The summed E-state index contributed by atoms with van der Waals surface area (Å²) in [7, 11) is 0. The molecular weight excluding hydrogens is 821 g/mol. The number of ether oxygens (including phenoxy) is 1. The molecule has 64 heavy (non-hydrogen) atoms. The van der Waals surface area contributed by atoms with Crippen LogP contribution in [0.2, 0.25) is 0 Å². The number of primary amides is 2. The molecule has 0 saturated carbocycles. The first-order valence-electron chi connectivity index (χ1n) is 21.3. The van der Waals surface area contributed by atoms with E-state index in [9.17, 15) is 24.3 Å². The van der Waals surface area contributed by atoms with Crippen LogP contribution in [0.5, 0.6) is 5.75 Å². The van der Waals surface area contributed by atoms with Gasteiger partial charge in [-0.15, -0.1) is 0 Å². The van der Waals surface area contributed by atoms with E-state index in [1.807, 2.05) is 55.2 Å². The number of carboxylic acid groups (broad SMARTS) is 1. The van der Waals surface area contributed by atoms with Crippen LogP contribution >= 0.6 is 0 Å². The van der Waals surface area contributed by atoms with Gasteiger partial charge >= 0.3 is 6.09 Å². The SMILES string of the molecule is CCn1nc(C)cc1C(=O)Nc1nc2cc(C(N)=O)cnc2n1C/C=C/Cn1c2nc(-c3cc(C)nn3CC)ncc2c2cc(C(N)=O)cc(OCCCC3CCN(C(=O)O)CC3)c21. The first-order valence-corrected chi connectivity index (χ1v) is 21.3. The number of hydrogen-bond donors (Lipinski definition) is 4. The van der Waals surface area contributed by atoms with Crippen molar-refractivity contribution >= 4 is 62.9 Å². The Bertz CT molecular complexity index is 2970. The van der Waals surface area contributed by atoms with Gasteiger partial charge in [0, 0.05) is 68.0 Å². The normalized spacial score (nSPS) is 13.5. The average Bonchev–Trinajstić information content (AvgIpc) is 4.04. The number of carbonyl (C=O) groups excluding carboxylic acids is 3. The number of piperidine rings is 1. The minimum atomic E-state index is -0.888. The number of pyridine rings is 1. The molecule has 1 fully saturated rings. The molecule has 1 aliphatic rings. The highest BCUT2D eigenvalue weighted by molar-refractivity contribution is 6.12. The lowest BCUT2D eigenvalue weighted by Gasteiger charge is -2.29. The van der Waals surface area contributed by atoms with Crippen LogP contribution in [0.4, 0.5) is 10.7 Å². The number of hydrogen-bond acceptors (Lipinski definition) is 11. The van der Waals surface area contributed by atoms with Gasteiger partial charge in [-0.3, -0.25) is 33.6 Å². The van der Waals surface area contributed by atoms with Crippen molar-refractivity contribution < 1.29 is 29.0 Å². The summed E-state index contributed by atoms with van der Waals surface area (Å²) in [5, 5.41) is 22.7. The Balaban J connectivity index is 1.15. The third kappa shape index (κ3) is 8.57. The highest BCUT2D eigenvalue weighted by Gasteiger charge is 2.24. The van der Waals surface area contributed by atoms with Gasteiger partial charge in [0.05, 0.1) is 29.1 Å². The third-order valence-electron chi connectivity index (χ3n) is 11.5. The maximum atomic E-state index is 13.6. The zero-order valence-corrected chi connectivity index (χ0v) is 36.1. The molecule has 7 heterocycles. The molecule has 7 aromatic rings. The Labute approximate surface area is 366 Å². The Kier molecular flexibility index (Phi) is 12.1. The summed E-state index contributed by atoms with van der Waals surface area (Å²) in [4.78, 5) is 70.3. The van der Waals surface area contributed by atoms with Crippen LogP contribution < -0.4 is 21.5 Å². The van der Waals surface area contributed by atoms with Crippen LogP contribution in [0.3, 0.4) is 0 Å². The zero-order valence-electron chi connectivity index (χ0n) is 36.1. The largest absolute Gasteiger partial charge is 0.491 e. The van der Waals surface area contributed by atoms with Crippen molar-refractivity contribution in [3.63, 3.8) is 0 Å². The van der Waals surface area contributed by atoms with E-state index in [2.05, 4.69) is 25.5 Å². The van der Waals surface area contributed by atoms with Gasteiger partial charge in [0.2, 0.25) is 17.8 Å². The van der Waals surface area contributed by atoms with Crippen LogP contribution in [-0.2, 0) is 26.2 Å². The van der Waals surface area contributed by atoms with Crippen molar-refractivity contribution in [1.29, 1.82) is 0 Å². The van der Waals surface area contributed by atoms with Gasteiger partial charge in [0.1, 0.15) is 28.3 Å². The molecule has 0 spiro atoms. The summed E-state index contributed by atoms with van der Waals surface area (Å²) in [6.45, 7) is 10.6. The predicted octanol–water partition coefficient (Wildman–Crippen LogP) is 5.30. The van der Waals surface area contributed by atoms with Crippen molar-refractivity contribution in [3.8, 4) is 17.3 Å². The lowest BCUT2D eigenvalue weighted by atomic mass is 9.92. The van der Waals surface area contributed by atoms with Gasteiger partial charge in [-0.1, -0.05) is 12.2 Å². The van der Waals surface area contributed by atoms with Crippen molar-refractivity contribution in [2.24, 2.45) is 17.4 Å². The minimum Gasteiger partial charge on any atom is -0.491 e. The summed E-state index contributed by atoms with van der Waals surface area (Å²) in [5.74, 6) is -0.165. The molecule has 0 atom stereocenters. The fourth-order valence-electron chi connectivity index (χ4n) is 8.36. The van der Waals surface area contributed by atoms with E-state index in [1.54, 1.807) is 33.6 Å². The zero-order chi connectivity index (χ0) is 45.2. The van der Waals surface area contributed by atoms with Gasteiger partial charge in [-0.05, 0) is 89.6 Å². The number of fused-ring (bicyclic) bond motifs is 4. The van der Waals surface area contributed by atoms with Crippen LogP contribution in [-0.4, -0.2) is 102 Å². The highest BCUT2D eigenvalue weighted by atomic mass is 16.5. The van der Waals surface area contributed by atoms with Crippen molar-refractivity contribution in [2.45, 2.75) is 79.6 Å². The first-order chi connectivity index (χ1) is 30.8. The summed E-state index contributed by atoms with van der Waals surface area (Å²) in [6, 6.07) is 8.56. The molecule has 0 radical (unpaired) electrons. The molecule has 1 aromatic carbocycles. The van der Waals surface area contributed by atoms with Gasteiger partial charge in [-0.25, -0.2) is 24.7 Å². The van der Waals surface area contributed by atoms with E-state index >= 15 is 0 Å². The summed E-state index contributed by atoms with van der Waals surface area (Å²) in [6.07, 6.45) is 9.25. The van der Waals surface area contributed by atoms with E-state index in [0.717, 1.165) is 37.1 Å². The molecule has 332 valence electrons. The number of likely N-dealkylation sites (tertiary alicyclic amines) is 1. The lowest BCUT2D eigenvalue weighted by molar-refractivity contribution is 0.0991. The molecule has 8 rings (SSSR count). The van der Waals surface area contributed by atoms with Crippen molar-refractivity contribution in [2.75, 3.05) is 25.0 Å². The van der Waals surface area contributed by atoms with Gasteiger partial charge in [0.15, 0.2) is 11.5 Å². The van der Waals surface area contributed by atoms with Crippen LogP contribution in [0, 0.1) is 19.8 Å². The van der Waals surface area contributed by atoms with Gasteiger partial charge in [-0.2, -0.15) is 10.2 Å². The molecule has 6 N–H and O–H groups in total. The quantitative estimate of drug-likeness (QED) is 0.0712. The summed E-state index contributed by atoms with van der Waals surface area (Å²) in [5.41, 5.74) is 16.6. The smallest absolute Gasteiger partial charge is 0.407 e. The number of nitrogens with two attached hydrogens (primary N) is 2. The number of allylic oxidation sites excluding steroid dienone is 2. The van der Waals surface area contributed by atoms with Crippen LogP contribution in [0.25, 0.3) is 44.6 Å². The lowest BCUT2D eigenvalue weighted by Crippen LogP contribution is -2.37. The molecule has 1 aliphatic heterocycles.